The number of alkyl halides is 17. The van der Waals surface area contributed by atoms with Crippen LogP contribution in [0, 0.1) is 54.9 Å². The number of carbonyl (C=O) groups excluding carboxylic acids is 5. The van der Waals surface area contributed by atoms with Crippen LogP contribution in [-0.4, -0.2) is 82.2 Å². The summed E-state index contributed by atoms with van der Waals surface area (Å²) in [4.78, 5) is 88.3. The first-order valence-corrected chi connectivity index (χ1v) is 38.6. The molecule has 3 aliphatic rings. The summed E-state index contributed by atoms with van der Waals surface area (Å²) >= 11 is 10.5. The molecular formula is C78H54Br2Cl3F20N7O8S. The van der Waals surface area contributed by atoms with Gasteiger partial charge in [-0.15, -0.1) is 0 Å². The highest BCUT2D eigenvalue weighted by Crippen LogP contribution is 2.55. The Morgan fingerprint density at radius 2 is 0.790 bits per heavy atom. The SMILES string of the molecule is CC(F)(c1cc(Br)c(N)c(C(F)(F)F)c1)C(F)(F)F.O=S(Cl)Cl.[C-]#[N+]c1ccc(C(=O)N(CC2CC2)c2cccc(C(=O)Cc3c(Br)cc(C(F)(C(F)(F)F)C(F)(F)F)cc3C(F)(F)F)c2F)cc1.[C-]#[N+]c1ccc(C(=O)N(CC2CC2)c2cccc(C(=O)Cl)c2F)cc1.[C-]#[N+]c1ccc(C(=O)N(CC2CC2)c2cccc(C(=O)O)c2F)cc1. The molecule has 0 bridgehead atoms. The molecule has 0 spiro atoms. The highest BCUT2D eigenvalue weighted by molar-refractivity contribution is 9.11. The summed E-state index contributed by atoms with van der Waals surface area (Å²) in [5.41, 5.74) is -14.5. The van der Waals surface area contributed by atoms with Gasteiger partial charge in [-0.3, -0.25) is 24.0 Å². The highest BCUT2D eigenvalue weighted by atomic mass is 79.9. The maximum absolute atomic E-state index is 15.9. The molecule has 15 nitrogen and oxygen atoms in total. The normalized spacial score (nSPS) is 13.9. The van der Waals surface area contributed by atoms with Crippen molar-refractivity contribution in [2.24, 2.45) is 17.8 Å². The molecule has 3 saturated carbocycles. The number of nitrogen functional groups attached to an aromatic ring is 1. The third-order valence-corrected chi connectivity index (χ3v) is 19.5. The second-order valence-electron chi connectivity index (χ2n) is 26.4. The molecule has 1 unspecified atom stereocenters. The summed E-state index contributed by atoms with van der Waals surface area (Å²) in [6, 6.07) is 28.8. The fraction of sp³-hybridized carbons (Fsp3) is 0.269. The lowest BCUT2D eigenvalue weighted by molar-refractivity contribution is -0.348. The van der Waals surface area contributed by atoms with E-state index in [0.29, 0.717) is 66.3 Å². The quantitative estimate of drug-likeness (QED) is 0.0261. The molecule has 1 atom stereocenters. The molecule has 3 amide bonds. The van der Waals surface area contributed by atoms with E-state index in [0.717, 1.165) is 48.8 Å². The fourth-order valence-electron chi connectivity index (χ4n) is 11.1. The van der Waals surface area contributed by atoms with Crippen molar-refractivity contribution in [1.82, 2.24) is 0 Å². The van der Waals surface area contributed by atoms with E-state index in [2.05, 4.69) is 67.8 Å². The van der Waals surface area contributed by atoms with Gasteiger partial charge in [-0.2, -0.15) is 65.9 Å². The molecule has 119 heavy (non-hydrogen) atoms. The van der Waals surface area contributed by atoms with Gasteiger partial charge < -0.3 is 25.5 Å². The van der Waals surface area contributed by atoms with Gasteiger partial charge in [-0.05, 0) is 163 Å². The number of Topliss-reactive ketones (excluding diaryl/α,β-unsaturated/α-hetero) is 1. The number of carbonyl (C=O) groups is 6. The minimum atomic E-state index is -6.71. The number of carboxylic acid groups (broad SMARTS) is 1. The van der Waals surface area contributed by atoms with E-state index >= 15 is 4.39 Å². The van der Waals surface area contributed by atoms with Crippen molar-refractivity contribution in [3.05, 3.63) is 274 Å². The van der Waals surface area contributed by atoms with Crippen molar-refractivity contribution >= 4 is 149 Å². The molecule has 41 heteroatoms. The number of ketones is 1. The number of halogens is 25. The van der Waals surface area contributed by atoms with Gasteiger partial charge in [0.1, 0.15) is 0 Å². The molecule has 0 aliphatic heterocycles. The lowest BCUT2D eigenvalue weighted by Crippen LogP contribution is -2.50. The number of anilines is 4. The summed E-state index contributed by atoms with van der Waals surface area (Å²) in [6.45, 7) is 21.8. The number of nitrogens with two attached hydrogens (primary N) is 1. The van der Waals surface area contributed by atoms with Crippen LogP contribution in [0.5, 0.6) is 0 Å². The zero-order valence-electron chi connectivity index (χ0n) is 60.2. The van der Waals surface area contributed by atoms with E-state index in [1.807, 2.05) is 0 Å². The van der Waals surface area contributed by atoms with E-state index in [-0.39, 0.29) is 65.6 Å². The Morgan fingerprint density at radius 1 is 0.479 bits per heavy atom. The van der Waals surface area contributed by atoms with Crippen LogP contribution < -0.4 is 20.4 Å². The van der Waals surface area contributed by atoms with Crippen LogP contribution >= 0.6 is 64.8 Å². The molecule has 8 aromatic rings. The summed E-state index contributed by atoms with van der Waals surface area (Å²) in [7, 11) is 7.36. The maximum Gasteiger partial charge on any atom is 0.435 e. The lowest BCUT2D eigenvalue weighted by atomic mass is 9.89. The topological polar surface area (TPSA) is 189 Å². The van der Waals surface area contributed by atoms with E-state index in [1.54, 1.807) is 24.3 Å². The number of rotatable bonds is 19. The van der Waals surface area contributed by atoms with E-state index in [4.69, 9.17) is 46.4 Å². The monoisotopic (exact) mass is 1890 g/mol. The Hall–Kier alpha value is -10.2. The first-order valence-electron chi connectivity index (χ1n) is 33.8. The van der Waals surface area contributed by atoms with Gasteiger partial charge in [0.25, 0.3) is 23.0 Å². The average molecular weight is 1900 g/mol. The van der Waals surface area contributed by atoms with Crippen molar-refractivity contribution in [2.45, 2.75) is 94.1 Å². The van der Waals surface area contributed by atoms with Crippen LogP contribution in [0.3, 0.4) is 0 Å². The van der Waals surface area contributed by atoms with Crippen LogP contribution in [0.4, 0.5) is 128 Å². The van der Waals surface area contributed by atoms with E-state index < -0.39 is 169 Å². The lowest BCUT2D eigenvalue weighted by Gasteiger charge is -2.31. The standard InChI is InChI=1S/C30H18BrF11N2O2.C19H14ClFN2O2.C19H15FN2O3.C10H7BrF7N.Cl2OS/c1-43-18-9-7-16(8-10-18)26(46)44(14-15-5-6-15)23-4-2-3-19(25(23)32)24(45)13-20-21(28(34,35)36)11-17(12-22(20)31)27(33,29(37,38)39)30(40,41)42;1-22-14-9-7-13(8-10-14)19(25)23(11-12-5-6-12)16-4-2-3-15(17(16)21)18(20)24;1-21-14-9-7-13(8-10-14)18(23)22(11-12-5-6-12)16-4-2-3-15(17(16)20)19(24)25;1-8(12,10(16,17)18)4-2-5(9(13,14)15)7(19)6(11)3-4;1-4(2)3/h2-4,7-12,15H,5-6,13-14H2;2-4,7-10,12H,5-6,11H2;2-4,7-10,12H,5-6,11H2,(H,24,25);2-3H,19H2,1H3;. The van der Waals surface area contributed by atoms with Gasteiger partial charge in [0, 0.05) is 78.6 Å². The van der Waals surface area contributed by atoms with E-state index in [9.17, 15) is 112 Å². The predicted molar refractivity (Wildman–Crippen MR) is 408 cm³/mol. The Labute approximate surface area is 695 Å². The number of carboxylic acids is 1. The molecule has 0 saturated heterocycles. The molecule has 8 aromatic carbocycles. The van der Waals surface area contributed by atoms with Crippen LogP contribution in [0.15, 0.2) is 161 Å². The third kappa shape index (κ3) is 24.1. The Balaban J connectivity index is 0.000000228. The minimum absolute atomic E-state index is 0.00654. The summed E-state index contributed by atoms with van der Waals surface area (Å²) < 4.78 is 278. The number of amides is 3. The predicted octanol–water partition coefficient (Wildman–Crippen LogP) is 24.7. The molecular weight excluding hydrogens is 1840 g/mol. The summed E-state index contributed by atoms with van der Waals surface area (Å²) in [5, 5.41) is 8.20. The molecule has 0 aromatic heterocycles. The molecule has 3 N–H and O–H groups in total. The van der Waals surface area contributed by atoms with Gasteiger partial charge >= 0.3 is 42.5 Å². The van der Waals surface area contributed by atoms with Gasteiger partial charge in [0.2, 0.25) is 14.9 Å². The maximum atomic E-state index is 15.9. The van der Waals surface area contributed by atoms with Crippen molar-refractivity contribution < 1.29 is 126 Å². The summed E-state index contributed by atoms with van der Waals surface area (Å²) in [5.74, 6) is -6.70. The zero-order chi connectivity index (χ0) is 89.2. The molecule has 630 valence electrons. The molecule has 0 radical (unpaired) electrons. The van der Waals surface area contributed by atoms with Crippen LogP contribution in [0.25, 0.3) is 14.5 Å². The van der Waals surface area contributed by atoms with Gasteiger partial charge in [-0.1, -0.05) is 107 Å². The van der Waals surface area contributed by atoms with Crippen molar-refractivity contribution in [2.75, 3.05) is 40.1 Å². The van der Waals surface area contributed by atoms with Crippen LogP contribution in [0.2, 0.25) is 0 Å². The zero-order valence-corrected chi connectivity index (χ0v) is 66.4. The molecule has 0 heterocycles. The second-order valence-corrected chi connectivity index (χ2v) is 31.0. The van der Waals surface area contributed by atoms with Gasteiger partial charge in [0.05, 0.1) is 70.3 Å². The van der Waals surface area contributed by atoms with Crippen LogP contribution in [0.1, 0.15) is 135 Å². The Bertz CT molecular complexity index is 5140. The average Bonchev–Trinajstić information content (AvgIpc) is 1.51. The first-order chi connectivity index (χ1) is 55.2. The fourth-order valence-corrected chi connectivity index (χ4v) is 12.3. The minimum Gasteiger partial charge on any atom is -0.478 e. The molecule has 3 aliphatic carbocycles. The van der Waals surface area contributed by atoms with Crippen molar-refractivity contribution in [1.29, 1.82) is 0 Å². The number of benzene rings is 8. The second kappa shape index (κ2) is 38.9. The summed E-state index contributed by atoms with van der Waals surface area (Å²) in [6.07, 6.45) is -25.5. The third-order valence-electron chi connectivity index (χ3n) is 18.0. The smallest absolute Gasteiger partial charge is 0.435 e. The number of hydrogen-bond donors (Lipinski definition) is 2. The Morgan fingerprint density at radius 3 is 1.09 bits per heavy atom. The molecule has 11 rings (SSSR count). The first kappa shape index (κ1) is 96.0. The van der Waals surface area contributed by atoms with Gasteiger partial charge in [0.15, 0.2) is 40.3 Å². The molecule has 3 fully saturated rings. The van der Waals surface area contributed by atoms with Crippen molar-refractivity contribution in [3.8, 4) is 0 Å². The van der Waals surface area contributed by atoms with Crippen LogP contribution in [-0.2, 0) is 39.3 Å². The Kier molecular flexibility index (Phi) is 31.4. The van der Waals surface area contributed by atoms with Gasteiger partial charge in [-0.25, -0.2) is 45.5 Å². The highest BCUT2D eigenvalue weighted by Gasteiger charge is 2.74. The number of hydrogen-bond acceptors (Lipinski definition) is 8. The number of nitrogens with zero attached hydrogens (tertiary/aromatic N) is 6. The van der Waals surface area contributed by atoms with E-state index in [1.165, 1.54) is 94.7 Å². The van der Waals surface area contributed by atoms with Crippen molar-refractivity contribution in [3.63, 3.8) is 0 Å². The number of aromatic carboxylic acids is 1. The largest absolute Gasteiger partial charge is 0.478 e.